The molecule has 0 saturated heterocycles. The first-order chi connectivity index (χ1) is 10.2. The fourth-order valence-corrected chi connectivity index (χ4v) is 2.50. The van der Waals surface area contributed by atoms with Crippen molar-refractivity contribution in [3.05, 3.63) is 71.3 Å². The molecule has 2 aromatic carbocycles. The van der Waals surface area contributed by atoms with Crippen molar-refractivity contribution in [1.29, 1.82) is 0 Å². The highest BCUT2D eigenvalue weighted by Gasteiger charge is 2.11. The van der Waals surface area contributed by atoms with Crippen LogP contribution in [0.3, 0.4) is 0 Å². The highest BCUT2D eigenvalue weighted by molar-refractivity contribution is 5.31. The molecule has 22 heavy (non-hydrogen) atoms. The van der Waals surface area contributed by atoms with Gasteiger partial charge in [0.2, 0.25) is 0 Å². The van der Waals surface area contributed by atoms with E-state index in [1.54, 1.807) is 0 Å². The van der Waals surface area contributed by atoms with E-state index in [1.807, 2.05) is 0 Å². The Bertz CT molecular complexity index is 515. The van der Waals surface area contributed by atoms with Gasteiger partial charge in [-0.25, -0.2) is 0 Å². The molecule has 0 atom stereocenters. The van der Waals surface area contributed by atoms with Gasteiger partial charge in [-0.3, -0.25) is 0 Å². The van der Waals surface area contributed by atoms with Gasteiger partial charge in [0.1, 0.15) is 0 Å². The normalized spacial score (nSPS) is 11.3. The van der Waals surface area contributed by atoms with Crippen LogP contribution < -0.4 is 0 Å². The summed E-state index contributed by atoms with van der Waals surface area (Å²) in [6.07, 6.45) is 0. The summed E-state index contributed by atoms with van der Waals surface area (Å²) >= 11 is 0. The van der Waals surface area contributed by atoms with Crippen molar-refractivity contribution in [3.8, 4) is 0 Å². The molecule has 0 nitrogen and oxygen atoms in total. The van der Waals surface area contributed by atoms with Gasteiger partial charge in [-0.15, -0.1) is 0 Å². The first-order valence-corrected chi connectivity index (χ1v) is 8.37. The molecule has 0 saturated carbocycles. The Morgan fingerprint density at radius 3 is 1.23 bits per heavy atom. The average Bonchev–Trinajstić information content (AvgIpc) is 2.48. The van der Waals surface area contributed by atoms with E-state index in [1.165, 1.54) is 16.7 Å². The second kappa shape index (κ2) is 8.17. The number of benzene rings is 2. The second-order valence-electron chi connectivity index (χ2n) is 7.55. The maximum atomic E-state index is 2.25. The predicted molar refractivity (Wildman–Crippen MR) is 99.8 cm³/mol. The summed E-state index contributed by atoms with van der Waals surface area (Å²) in [5.74, 6) is 1.28. The summed E-state index contributed by atoms with van der Waals surface area (Å²) in [4.78, 5) is 0. The lowest BCUT2D eigenvalue weighted by atomic mass is 9.87. The Balaban J connectivity index is 0.000000224. The van der Waals surface area contributed by atoms with Gasteiger partial charge >= 0.3 is 0 Å². The maximum Gasteiger partial charge on any atom is -0.0132 e. The van der Waals surface area contributed by atoms with Gasteiger partial charge < -0.3 is 0 Å². The third-order valence-corrected chi connectivity index (χ3v) is 3.88. The molecule has 0 aliphatic heterocycles. The first-order valence-electron chi connectivity index (χ1n) is 8.37. The van der Waals surface area contributed by atoms with Crippen LogP contribution in [0.25, 0.3) is 0 Å². The van der Waals surface area contributed by atoms with E-state index < -0.39 is 0 Å². The van der Waals surface area contributed by atoms with E-state index in [4.69, 9.17) is 0 Å². The van der Waals surface area contributed by atoms with Gasteiger partial charge in [-0.2, -0.15) is 0 Å². The van der Waals surface area contributed by atoms with Crippen molar-refractivity contribution in [2.75, 3.05) is 0 Å². The van der Waals surface area contributed by atoms with E-state index >= 15 is 0 Å². The van der Waals surface area contributed by atoms with Gasteiger partial charge in [-0.1, -0.05) is 103 Å². The Kier molecular flexibility index (Phi) is 6.87. The van der Waals surface area contributed by atoms with E-state index in [2.05, 4.69) is 103 Å². The van der Waals surface area contributed by atoms with Crippen molar-refractivity contribution in [1.82, 2.24) is 0 Å². The zero-order valence-corrected chi connectivity index (χ0v) is 15.4. The molecule has 0 heteroatoms. The van der Waals surface area contributed by atoms with Crippen LogP contribution in [0.1, 0.15) is 77.0 Å². The van der Waals surface area contributed by atoms with Crippen LogP contribution in [0.5, 0.6) is 0 Å². The molecule has 0 heterocycles. The molecular weight excluding hydrogens is 264 g/mol. The minimum Gasteiger partial charge on any atom is -0.0622 e. The molecule has 0 aliphatic carbocycles. The third-order valence-electron chi connectivity index (χ3n) is 3.88. The van der Waals surface area contributed by atoms with Gasteiger partial charge in [0.25, 0.3) is 0 Å². The third kappa shape index (κ3) is 5.67. The Hall–Kier alpha value is -1.56. The predicted octanol–water partition coefficient (Wildman–Crippen LogP) is 6.92. The standard InChI is InChI=1S/C12H18.C10H14/c1-9(2)11-7-5-6-8-12(11)10(3)4;1-10(2,3)9-7-5-4-6-8-9/h5-10H,1-4H3;4-8H,1-3H3. The molecule has 0 spiro atoms. The summed E-state index contributed by atoms with van der Waals surface area (Å²) in [7, 11) is 0. The number of hydrogen-bond donors (Lipinski definition) is 0. The van der Waals surface area contributed by atoms with Crippen molar-refractivity contribution in [2.24, 2.45) is 0 Å². The van der Waals surface area contributed by atoms with Gasteiger partial charge in [-0.05, 0) is 33.9 Å². The molecular formula is C22H32. The smallest absolute Gasteiger partial charge is 0.0132 e. The molecule has 0 fully saturated rings. The summed E-state index contributed by atoms with van der Waals surface area (Å²) in [6.45, 7) is 15.7. The van der Waals surface area contributed by atoms with Crippen LogP contribution in [-0.4, -0.2) is 0 Å². The summed E-state index contributed by atoms with van der Waals surface area (Å²) in [6, 6.07) is 19.3. The molecule has 0 radical (unpaired) electrons. The zero-order chi connectivity index (χ0) is 16.8. The fourth-order valence-electron chi connectivity index (χ4n) is 2.50. The van der Waals surface area contributed by atoms with Crippen molar-refractivity contribution >= 4 is 0 Å². The molecule has 120 valence electrons. The van der Waals surface area contributed by atoms with Gasteiger partial charge in [0.05, 0.1) is 0 Å². The average molecular weight is 296 g/mol. The molecule has 2 rings (SSSR count). The number of rotatable bonds is 2. The summed E-state index contributed by atoms with van der Waals surface area (Å²) in [5.41, 5.74) is 4.68. The van der Waals surface area contributed by atoms with E-state index in [0.29, 0.717) is 17.3 Å². The van der Waals surface area contributed by atoms with E-state index in [-0.39, 0.29) is 0 Å². The fraction of sp³-hybridized carbons (Fsp3) is 0.455. The molecule has 2 aromatic rings. The first kappa shape index (κ1) is 18.5. The molecule has 0 aromatic heterocycles. The molecule has 0 aliphatic rings. The lowest BCUT2D eigenvalue weighted by Crippen LogP contribution is -2.10. The monoisotopic (exact) mass is 296 g/mol. The van der Waals surface area contributed by atoms with Crippen molar-refractivity contribution < 1.29 is 0 Å². The summed E-state index contributed by atoms with van der Waals surface area (Å²) < 4.78 is 0. The molecule has 0 bridgehead atoms. The van der Waals surface area contributed by atoms with Crippen molar-refractivity contribution in [2.45, 2.75) is 65.7 Å². The quantitative estimate of drug-likeness (QED) is 0.564. The maximum absolute atomic E-state index is 2.25. The Labute approximate surface area is 137 Å². The van der Waals surface area contributed by atoms with E-state index in [0.717, 1.165) is 0 Å². The Morgan fingerprint density at radius 2 is 0.955 bits per heavy atom. The molecule has 0 amide bonds. The SMILES string of the molecule is CC(C)(C)c1ccccc1.CC(C)c1ccccc1C(C)C. The lowest BCUT2D eigenvalue weighted by molar-refractivity contribution is 0.590. The second-order valence-corrected chi connectivity index (χ2v) is 7.55. The minimum absolute atomic E-state index is 0.293. The van der Waals surface area contributed by atoms with Crippen LogP contribution in [0.2, 0.25) is 0 Å². The molecule has 0 N–H and O–H groups in total. The topological polar surface area (TPSA) is 0 Å². The van der Waals surface area contributed by atoms with Crippen LogP contribution in [-0.2, 0) is 5.41 Å². The van der Waals surface area contributed by atoms with Gasteiger partial charge in [0, 0.05) is 0 Å². The number of hydrogen-bond acceptors (Lipinski definition) is 0. The van der Waals surface area contributed by atoms with Crippen LogP contribution >= 0.6 is 0 Å². The largest absolute Gasteiger partial charge is 0.0622 e. The molecule has 0 unspecified atom stereocenters. The van der Waals surface area contributed by atoms with Crippen LogP contribution in [0, 0.1) is 0 Å². The minimum atomic E-state index is 0.293. The van der Waals surface area contributed by atoms with Gasteiger partial charge in [0.15, 0.2) is 0 Å². The Morgan fingerprint density at radius 1 is 0.591 bits per heavy atom. The van der Waals surface area contributed by atoms with E-state index in [9.17, 15) is 0 Å². The van der Waals surface area contributed by atoms with Crippen LogP contribution in [0.15, 0.2) is 54.6 Å². The summed E-state index contributed by atoms with van der Waals surface area (Å²) in [5, 5.41) is 0. The lowest BCUT2D eigenvalue weighted by Gasteiger charge is -2.18. The van der Waals surface area contributed by atoms with Crippen LogP contribution in [0.4, 0.5) is 0 Å². The highest BCUT2D eigenvalue weighted by Crippen LogP contribution is 2.25. The highest BCUT2D eigenvalue weighted by atomic mass is 14.2. The zero-order valence-electron chi connectivity index (χ0n) is 15.4. The van der Waals surface area contributed by atoms with Crippen molar-refractivity contribution in [3.63, 3.8) is 0 Å².